The fraction of sp³-hybridized carbons (Fsp3) is 0.143. The van der Waals surface area contributed by atoms with Crippen molar-refractivity contribution in [2.45, 2.75) is 20.8 Å². The predicted octanol–water partition coefficient (Wildman–Crippen LogP) is 5.66. The molecular formula is C21H19NOS2. The Morgan fingerprint density at radius 3 is 2.48 bits per heavy atom. The van der Waals surface area contributed by atoms with Crippen LogP contribution >= 0.6 is 24.0 Å². The van der Waals surface area contributed by atoms with Gasteiger partial charge >= 0.3 is 0 Å². The molecule has 1 fully saturated rings. The number of carbonyl (C=O) groups is 1. The van der Waals surface area contributed by atoms with Crippen LogP contribution in [0.5, 0.6) is 0 Å². The van der Waals surface area contributed by atoms with Crippen molar-refractivity contribution in [3.05, 3.63) is 81.8 Å². The fourth-order valence-corrected chi connectivity index (χ4v) is 3.96. The molecule has 0 aromatic heterocycles. The normalized spacial score (nSPS) is 16.8. The van der Waals surface area contributed by atoms with Gasteiger partial charge in [-0.15, -0.1) is 0 Å². The van der Waals surface area contributed by atoms with E-state index in [-0.39, 0.29) is 5.91 Å². The monoisotopic (exact) mass is 365 g/mol. The van der Waals surface area contributed by atoms with Gasteiger partial charge in [0, 0.05) is 0 Å². The maximum absolute atomic E-state index is 12.8. The lowest BCUT2D eigenvalue weighted by Crippen LogP contribution is -2.27. The van der Waals surface area contributed by atoms with Gasteiger partial charge in [0.2, 0.25) is 0 Å². The maximum atomic E-state index is 12.8. The molecule has 4 heteroatoms. The van der Waals surface area contributed by atoms with Gasteiger partial charge in [-0.25, -0.2) is 0 Å². The van der Waals surface area contributed by atoms with Crippen molar-refractivity contribution >= 4 is 46.0 Å². The third-order valence-corrected chi connectivity index (χ3v) is 5.40. The highest BCUT2D eigenvalue weighted by atomic mass is 32.2. The van der Waals surface area contributed by atoms with E-state index in [1.54, 1.807) is 4.90 Å². The second-order valence-corrected chi connectivity index (χ2v) is 7.76. The summed E-state index contributed by atoms with van der Waals surface area (Å²) < 4.78 is 0.576. The van der Waals surface area contributed by atoms with Gasteiger partial charge in [-0.05, 0) is 61.2 Å². The highest BCUT2D eigenvalue weighted by Gasteiger charge is 2.33. The summed E-state index contributed by atoms with van der Waals surface area (Å²) in [5.74, 6) is -0.0564. The number of aryl methyl sites for hydroxylation is 2. The molecule has 0 N–H and O–H groups in total. The third kappa shape index (κ3) is 3.91. The molecule has 0 spiro atoms. The van der Waals surface area contributed by atoms with Gasteiger partial charge in [0.1, 0.15) is 0 Å². The summed E-state index contributed by atoms with van der Waals surface area (Å²) in [5.41, 5.74) is 5.31. The van der Waals surface area contributed by atoms with Crippen LogP contribution in [0.15, 0.2) is 65.1 Å². The summed E-state index contributed by atoms with van der Waals surface area (Å²) in [6.07, 6.45) is 3.97. The summed E-state index contributed by atoms with van der Waals surface area (Å²) in [4.78, 5) is 15.1. The van der Waals surface area contributed by atoms with Crippen LogP contribution in [-0.2, 0) is 4.79 Å². The van der Waals surface area contributed by atoms with Crippen LogP contribution < -0.4 is 4.90 Å². The van der Waals surface area contributed by atoms with Crippen molar-refractivity contribution in [2.75, 3.05) is 4.90 Å². The van der Waals surface area contributed by atoms with E-state index in [1.165, 1.54) is 17.3 Å². The minimum Gasteiger partial charge on any atom is -0.268 e. The highest BCUT2D eigenvalue weighted by molar-refractivity contribution is 8.27. The number of rotatable bonds is 3. The van der Waals surface area contributed by atoms with Crippen LogP contribution in [-0.4, -0.2) is 10.2 Å². The summed E-state index contributed by atoms with van der Waals surface area (Å²) in [5, 5.41) is 0. The Morgan fingerprint density at radius 2 is 1.80 bits per heavy atom. The lowest BCUT2D eigenvalue weighted by molar-refractivity contribution is -0.113. The lowest BCUT2D eigenvalue weighted by atomic mass is 10.1. The first kappa shape index (κ1) is 17.6. The topological polar surface area (TPSA) is 20.3 Å². The standard InChI is InChI=1S/C21H19NOS2/c1-14(11-17-7-5-4-6-8-17)12-19-20(23)22(21(24)25-19)18-10-9-15(2)16(3)13-18/h4-13H,1-3H3. The quantitative estimate of drug-likeness (QED) is 0.517. The van der Waals surface area contributed by atoms with Gasteiger partial charge in [-0.2, -0.15) is 0 Å². The highest BCUT2D eigenvalue weighted by Crippen LogP contribution is 2.36. The Hall–Kier alpha value is -2.17. The first-order chi connectivity index (χ1) is 12.0. The second kappa shape index (κ2) is 7.38. The molecule has 1 saturated heterocycles. The van der Waals surface area contributed by atoms with Crippen LogP contribution in [0.25, 0.3) is 6.08 Å². The molecule has 126 valence electrons. The van der Waals surface area contributed by atoms with E-state index in [0.717, 1.165) is 22.4 Å². The fourth-order valence-electron chi connectivity index (χ4n) is 2.62. The number of carbonyl (C=O) groups excluding carboxylic acids is 1. The number of hydrogen-bond donors (Lipinski definition) is 0. The molecule has 0 radical (unpaired) electrons. The molecule has 0 aliphatic carbocycles. The van der Waals surface area contributed by atoms with Crippen molar-refractivity contribution < 1.29 is 4.79 Å². The Balaban J connectivity index is 1.88. The average Bonchev–Trinajstić information content (AvgIpc) is 2.85. The van der Waals surface area contributed by atoms with Crippen LogP contribution in [0, 0.1) is 13.8 Å². The zero-order chi connectivity index (χ0) is 18.0. The number of nitrogens with zero attached hydrogens (tertiary/aromatic N) is 1. The van der Waals surface area contributed by atoms with E-state index in [1.807, 2.05) is 68.5 Å². The van der Waals surface area contributed by atoms with Gasteiger partial charge in [-0.1, -0.05) is 66.5 Å². The molecule has 1 amide bonds. The predicted molar refractivity (Wildman–Crippen MR) is 112 cm³/mol. The number of thiocarbonyl (C=S) groups is 1. The molecule has 2 aromatic rings. The number of amides is 1. The van der Waals surface area contributed by atoms with Gasteiger partial charge in [0.05, 0.1) is 10.6 Å². The molecule has 1 heterocycles. The molecule has 0 atom stereocenters. The smallest absolute Gasteiger partial charge is 0.268 e. The van der Waals surface area contributed by atoms with Crippen molar-refractivity contribution in [2.24, 2.45) is 0 Å². The molecule has 1 aliphatic rings. The van der Waals surface area contributed by atoms with Crippen molar-refractivity contribution in [3.63, 3.8) is 0 Å². The molecule has 25 heavy (non-hydrogen) atoms. The Labute approximate surface area is 158 Å². The van der Waals surface area contributed by atoms with Gasteiger partial charge < -0.3 is 0 Å². The Kier molecular flexibility index (Phi) is 5.21. The van der Waals surface area contributed by atoms with Crippen LogP contribution in [0.2, 0.25) is 0 Å². The molecule has 2 nitrogen and oxygen atoms in total. The number of hydrogen-bond acceptors (Lipinski definition) is 3. The summed E-state index contributed by atoms with van der Waals surface area (Å²) >= 11 is 6.80. The largest absolute Gasteiger partial charge is 0.270 e. The second-order valence-electron chi connectivity index (χ2n) is 6.08. The molecule has 3 rings (SSSR count). The first-order valence-corrected chi connectivity index (χ1v) is 9.27. The summed E-state index contributed by atoms with van der Waals surface area (Å²) in [6.45, 7) is 6.09. The zero-order valence-corrected chi connectivity index (χ0v) is 16.1. The van der Waals surface area contributed by atoms with E-state index >= 15 is 0 Å². The lowest BCUT2D eigenvalue weighted by Gasteiger charge is -2.15. The Morgan fingerprint density at radius 1 is 1.08 bits per heavy atom. The number of benzene rings is 2. The van der Waals surface area contributed by atoms with Crippen molar-refractivity contribution in [3.8, 4) is 0 Å². The van der Waals surface area contributed by atoms with E-state index in [0.29, 0.717) is 9.23 Å². The van der Waals surface area contributed by atoms with E-state index in [2.05, 4.69) is 13.0 Å². The molecule has 2 aromatic carbocycles. The van der Waals surface area contributed by atoms with E-state index in [9.17, 15) is 4.79 Å². The van der Waals surface area contributed by atoms with Crippen molar-refractivity contribution in [1.82, 2.24) is 0 Å². The molecule has 0 bridgehead atoms. The van der Waals surface area contributed by atoms with Crippen LogP contribution in [0.4, 0.5) is 5.69 Å². The maximum Gasteiger partial charge on any atom is 0.270 e. The number of anilines is 1. The molecular weight excluding hydrogens is 346 g/mol. The molecule has 0 unspecified atom stereocenters. The third-order valence-electron chi connectivity index (χ3n) is 4.10. The number of thioether (sulfide) groups is 1. The summed E-state index contributed by atoms with van der Waals surface area (Å²) in [6, 6.07) is 16.0. The number of allylic oxidation sites excluding steroid dienone is 2. The molecule has 0 saturated carbocycles. The first-order valence-electron chi connectivity index (χ1n) is 8.04. The zero-order valence-electron chi connectivity index (χ0n) is 14.4. The van der Waals surface area contributed by atoms with Crippen LogP contribution in [0.3, 0.4) is 0 Å². The average molecular weight is 366 g/mol. The minimum absolute atomic E-state index is 0.0564. The minimum atomic E-state index is -0.0564. The summed E-state index contributed by atoms with van der Waals surface area (Å²) in [7, 11) is 0. The van der Waals surface area contributed by atoms with E-state index < -0.39 is 0 Å². The van der Waals surface area contributed by atoms with Crippen molar-refractivity contribution in [1.29, 1.82) is 0 Å². The van der Waals surface area contributed by atoms with Gasteiger partial charge in [0.15, 0.2) is 4.32 Å². The van der Waals surface area contributed by atoms with Gasteiger partial charge in [-0.3, -0.25) is 9.69 Å². The molecule has 1 aliphatic heterocycles. The van der Waals surface area contributed by atoms with Gasteiger partial charge in [0.25, 0.3) is 5.91 Å². The van der Waals surface area contributed by atoms with E-state index in [4.69, 9.17) is 12.2 Å². The Bertz CT molecular complexity index is 897. The van der Waals surface area contributed by atoms with Crippen LogP contribution in [0.1, 0.15) is 23.6 Å². The SMILES string of the molecule is CC(=Cc1ccccc1)C=C1SC(=S)N(c2ccc(C)c(C)c2)C1=O.